The van der Waals surface area contributed by atoms with Crippen LogP contribution in [0.15, 0.2) is 22.3 Å². The van der Waals surface area contributed by atoms with Gasteiger partial charge in [-0.05, 0) is 149 Å². The predicted octanol–water partition coefficient (Wildman–Crippen LogP) is 9.61. The van der Waals surface area contributed by atoms with E-state index in [1.165, 1.54) is 32.6 Å². The van der Waals surface area contributed by atoms with Crippen molar-refractivity contribution in [3.8, 4) is 0 Å². The topological polar surface area (TPSA) is 78.9 Å². The number of hydrogen-bond donors (Lipinski definition) is 0. The Morgan fingerprint density at radius 1 is 0.755 bits per heavy atom. The minimum Gasteiger partial charge on any atom is -0.461 e. The van der Waals surface area contributed by atoms with Crippen LogP contribution in [0.1, 0.15) is 139 Å². The molecule has 0 aromatic rings. The van der Waals surface area contributed by atoms with E-state index in [-0.39, 0.29) is 29.5 Å². The summed E-state index contributed by atoms with van der Waals surface area (Å²) >= 11 is 0. The van der Waals surface area contributed by atoms with Gasteiger partial charge < -0.3 is 14.2 Å². The van der Waals surface area contributed by atoms with Crippen molar-refractivity contribution in [2.24, 2.45) is 75.4 Å². The fourth-order valence-corrected chi connectivity index (χ4v) is 14.8. The van der Waals surface area contributed by atoms with E-state index in [2.05, 4.69) is 55.4 Å². The van der Waals surface area contributed by atoms with Crippen LogP contribution in [-0.2, 0) is 28.6 Å². The molecule has 7 rings (SSSR count). The molecular weight excluding hydrogens is 612 g/mol. The molecule has 0 saturated heterocycles. The summed E-state index contributed by atoms with van der Waals surface area (Å²) < 4.78 is 17.0. The first-order valence-electron chi connectivity index (χ1n) is 20.0. The molecule has 5 saturated carbocycles. The van der Waals surface area contributed by atoms with Crippen LogP contribution >= 0.6 is 0 Å². The zero-order valence-corrected chi connectivity index (χ0v) is 32.0. The molecule has 49 heavy (non-hydrogen) atoms. The molecule has 0 aromatic heterocycles. The van der Waals surface area contributed by atoms with Crippen molar-refractivity contribution in [1.82, 2.24) is 0 Å². The van der Waals surface area contributed by atoms with Crippen molar-refractivity contribution < 1.29 is 28.6 Å². The van der Waals surface area contributed by atoms with Crippen LogP contribution in [0.4, 0.5) is 0 Å². The lowest BCUT2D eigenvalue weighted by Crippen LogP contribution is -2.65. The van der Waals surface area contributed by atoms with Gasteiger partial charge in [0.25, 0.3) is 6.47 Å². The third-order valence-electron chi connectivity index (χ3n) is 16.6. The van der Waals surface area contributed by atoms with Crippen molar-refractivity contribution >= 4 is 18.4 Å². The van der Waals surface area contributed by atoms with E-state index in [9.17, 15) is 14.4 Å². The fraction of sp³-hybridized carbons (Fsp3) is 0.837. The molecule has 6 heteroatoms. The van der Waals surface area contributed by atoms with Gasteiger partial charge in [-0.15, -0.1) is 0 Å². The van der Waals surface area contributed by atoms with Gasteiger partial charge in [-0.3, -0.25) is 14.4 Å². The Bertz CT molecular complexity index is 1440. The summed E-state index contributed by atoms with van der Waals surface area (Å²) in [5, 5.41) is 0. The van der Waals surface area contributed by atoms with Crippen molar-refractivity contribution in [2.75, 3.05) is 6.79 Å². The van der Waals surface area contributed by atoms with Gasteiger partial charge in [0, 0.05) is 12.8 Å². The van der Waals surface area contributed by atoms with Gasteiger partial charge in [-0.1, -0.05) is 70.3 Å². The van der Waals surface area contributed by atoms with E-state index in [1.54, 1.807) is 16.7 Å². The minimum atomic E-state index is -0.606. The highest BCUT2D eigenvalue weighted by atomic mass is 16.7. The highest BCUT2D eigenvalue weighted by Gasteiger charge is 2.69. The number of hydrogen-bond acceptors (Lipinski definition) is 6. The molecule has 0 N–H and O–H groups in total. The lowest BCUT2D eigenvalue weighted by atomic mass is 9.34. The van der Waals surface area contributed by atoms with Crippen molar-refractivity contribution in [2.45, 2.75) is 145 Å². The van der Waals surface area contributed by atoms with Crippen molar-refractivity contribution in [3.05, 3.63) is 22.3 Å². The Kier molecular flexibility index (Phi) is 8.82. The Morgan fingerprint density at radius 2 is 1.27 bits per heavy atom. The monoisotopic (exact) mass is 676 g/mol. The Labute approximate surface area is 295 Å². The van der Waals surface area contributed by atoms with Crippen LogP contribution in [-0.4, -0.2) is 30.8 Å². The van der Waals surface area contributed by atoms with Crippen LogP contribution in [0.25, 0.3) is 0 Å². The van der Waals surface area contributed by atoms with Crippen LogP contribution in [0.5, 0.6) is 0 Å². The molecule has 0 aliphatic heterocycles. The maximum absolute atomic E-state index is 14.1. The SMILES string of the molecule is CC(=O)OCOC(=O)C1(C)CCCC2(C)C3CCC(C(C)C)=C4C5CC6C(C)(OC=O)CCCC6(C)C6CCC(C(C)C)=C(C(CC12)C43)C56. The van der Waals surface area contributed by atoms with E-state index in [0.717, 1.165) is 57.8 Å². The first-order valence-corrected chi connectivity index (χ1v) is 20.0. The molecule has 6 nitrogen and oxygen atoms in total. The van der Waals surface area contributed by atoms with E-state index in [0.29, 0.717) is 53.3 Å². The van der Waals surface area contributed by atoms with Gasteiger partial charge in [0.15, 0.2) is 0 Å². The Hall–Kier alpha value is -2.11. The summed E-state index contributed by atoms with van der Waals surface area (Å²) in [4.78, 5) is 37.7. The number of rotatable bonds is 7. The van der Waals surface area contributed by atoms with E-state index >= 15 is 0 Å². The number of ether oxygens (including phenoxy) is 3. The standard InChI is InChI=1S/C43H64O6/c1-24(2)27-13-15-32-38-30(21-34-41(32,7)17-11-19-43(34,9)49-22-44)36-28(25(3)4)12-14-31-37(36)29(35(27)38)20-33-40(31,6)16-10-18-42(33,8)39(46)48-23-47-26(5)45/h22,24-25,29-34,37-38H,10-21,23H2,1-9H3. The summed E-state index contributed by atoms with van der Waals surface area (Å²) in [7, 11) is 0. The molecule has 7 aliphatic rings. The summed E-state index contributed by atoms with van der Waals surface area (Å²) in [6.45, 7) is 21.1. The lowest BCUT2D eigenvalue weighted by Gasteiger charge is -2.70. The normalized spacial score (nSPS) is 45.5. The van der Waals surface area contributed by atoms with Gasteiger partial charge in [-0.25, -0.2) is 0 Å². The van der Waals surface area contributed by atoms with Crippen LogP contribution < -0.4 is 0 Å². The second-order valence-corrected chi connectivity index (χ2v) is 19.3. The van der Waals surface area contributed by atoms with Crippen LogP contribution in [0.3, 0.4) is 0 Å². The average molecular weight is 677 g/mol. The summed E-state index contributed by atoms with van der Waals surface area (Å²) in [6, 6.07) is 0. The molecule has 5 fully saturated rings. The first kappa shape index (κ1) is 35.3. The highest BCUT2D eigenvalue weighted by molar-refractivity contribution is 5.77. The third-order valence-corrected chi connectivity index (χ3v) is 16.6. The molecular formula is C43H64O6. The number of fused-ring (bicyclic) bond motifs is 6. The number of carbonyl (C=O) groups excluding carboxylic acids is 3. The van der Waals surface area contributed by atoms with Crippen LogP contribution in [0, 0.1) is 75.4 Å². The molecule has 0 radical (unpaired) electrons. The first-order chi connectivity index (χ1) is 23.1. The van der Waals surface area contributed by atoms with Gasteiger partial charge in [-0.2, -0.15) is 0 Å². The van der Waals surface area contributed by atoms with Gasteiger partial charge >= 0.3 is 11.9 Å². The molecule has 272 valence electrons. The number of esters is 2. The summed E-state index contributed by atoms with van der Waals surface area (Å²) in [5.41, 5.74) is 6.20. The van der Waals surface area contributed by atoms with Crippen LogP contribution in [0.2, 0.25) is 0 Å². The molecule has 0 spiro atoms. The Morgan fingerprint density at radius 3 is 1.78 bits per heavy atom. The quantitative estimate of drug-likeness (QED) is 0.116. The molecule has 12 unspecified atom stereocenters. The van der Waals surface area contributed by atoms with E-state index in [1.807, 2.05) is 5.57 Å². The predicted molar refractivity (Wildman–Crippen MR) is 190 cm³/mol. The molecule has 0 aromatic carbocycles. The highest BCUT2D eigenvalue weighted by Crippen LogP contribution is 2.75. The van der Waals surface area contributed by atoms with E-state index < -0.39 is 17.0 Å². The minimum absolute atomic E-state index is 0.0327. The van der Waals surface area contributed by atoms with Gasteiger partial charge in [0.2, 0.25) is 6.79 Å². The smallest absolute Gasteiger partial charge is 0.314 e. The second kappa shape index (κ2) is 12.2. The molecule has 0 bridgehead atoms. The molecule has 7 aliphatic carbocycles. The number of allylic oxidation sites excluding steroid dienone is 4. The number of carbonyl (C=O) groups is 3. The second-order valence-electron chi connectivity index (χ2n) is 19.3. The van der Waals surface area contributed by atoms with Gasteiger partial charge in [0.1, 0.15) is 5.60 Å². The summed E-state index contributed by atoms with van der Waals surface area (Å²) in [6.07, 6.45) is 13.2. The van der Waals surface area contributed by atoms with Gasteiger partial charge in [0.05, 0.1) is 5.41 Å². The molecule has 0 heterocycles. The lowest BCUT2D eigenvalue weighted by molar-refractivity contribution is -0.199. The van der Waals surface area contributed by atoms with Crippen molar-refractivity contribution in [1.29, 1.82) is 0 Å². The zero-order valence-electron chi connectivity index (χ0n) is 32.0. The average Bonchev–Trinajstić information content (AvgIpc) is 3.03. The van der Waals surface area contributed by atoms with E-state index in [4.69, 9.17) is 14.2 Å². The van der Waals surface area contributed by atoms with Crippen molar-refractivity contribution in [3.63, 3.8) is 0 Å². The zero-order chi connectivity index (χ0) is 35.3. The largest absolute Gasteiger partial charge is 0.461 e. The third kappa shape index (κ3) is 5.08. The maximum Gasteiger partial charge on any atom is 0.314 e. The molecule has 0 amide bonds. The Balaban J connectivity index is 1.40. The molecule has 12 atom stereocenters. The fourth-order valence-electron chi connectivity index (χ4n) is 14.8. The summed E-state index contributed by atoms with van der Waals surface area (Å²) in [5.74, 6) is 4.10. The maximum atomic E-state index is 14.1.